The van der Waals surface area contributed by atoms with Gasteiger partial charge < -0.3 is 5.11 Å². The highest BCUT2D eigenvalue weighted by Crippen LogP contribution is 2.32. The van der Waals surface area contributed by atoms with Crippen molar-refractivity contribution in [1.29, 1.82) is 0 Å². The average molecular weight is 421 g/mol. The second-order valence-corrected chi connectivity index (χ2v) is 8.12. The van der Waals surface area contributed by atoms with Gasteiger partial charge in [0, 0.05) is 11.4 Å². The zero-order valence-electron chi connectivity index (χ0n) is 16.7. The molecule has 30 heavy (non-hydrogen) atoms. The quantitative estimate of drug-likeness (QED) is 0.474. The number of nitrogens with zero attached hydrogens (tertiary/aromatic N) is 2. The lowest BCUT2D eigenvalue weighted by Gasteiger charge is -2.16. The number of benzene rings is 2. The fourth-order valence-electron chi connectivity index (χ4n) is 3.50. The largest absolute Gasteiger partial charge is 0.504 e. The molecule has 0 unspecified atom stereocenters. The maximum Gasteiger partial charge on any atom is 0.262 e. The summed E-state index contributed by atoms with van der Waals surface area (Å²) in [4.78, 5) is 19.1. The van der Waals surface area contributed by atoms with Gasteiger partial charge in [-0.25, -0.2) is 9.37 Å². The average Bonchev–Trinajstić information content (AvgIpc) is 3.15. The van der Waals surface area contributed by atoms with E-state index in [1.807, 2.05) is 48.7 Å². The number of para-hydroxylation sites is 1. The van der Waals surface area contributed by atoms with Crippen molar-refractivity contribution in [1.82, 2.24) is 9.55 Å². The maximum absolute atomic E-state index is 14.0. The molecule has 1 N–H and O–H groups in total. The minimum Gasteiger partial charge on any atom is -0.504 e. The number of phenolic OH excluding ortho intramolecular Hbond substituents is 1. The monoisotopic (exact) mass is 420 g/mol. The highest BCUT2D eigenvalue weighted by molar-refractivity contribution is 7.13. The second kappa shape index (κ2) is 8.24. The molecule has 0 saturated heterocycles. The fourth-order valence-corrected chi connectivity index (χ4v) is 4.49. The van der Waals surface area contributed by atoms with Crippen LogP contribution in [0.15, 0.2) is 64.8 Å². The molecule has 152 valence electrons. The van der Waals surface area contributed by atoms with Gasteiger partial charge in [0.1, 0.15) is 5.82 Å². The first-order valence-electron chi connectivity index (χ1n) is 9.64. The molecule has 0 radical (unpaired) electrons. The van der Waals surface area contributed by atoms with Crippen molar-refractivity contribution in [3.63, 3.8) is 0 Å². The van der Waals surface area contributed by atoms with Gasteiger partial charge in [-0.15, -0.1) is 11.3 Å². The molecule has 4 aromatic rings. The van der Waals surface area contributed by atoms with Crippen LogP contribution in [0.4, 0.5) is 4.39 Å². The third-order valence-electron chi connectivity index (χ3n) is 5.02. The normalized spacial score (nSPS) is 11.0. The fraction of sp³-hybridized carbons (Fsp3) is 0.167. The van der Waals surface area contributed by atoms with Crippen molar-refractivity contribution in [3.05, 3.63) is 93.0 Å². The zero-order valence-corrected chi connectivity index (χ0v) is 17.5. The molecule has 0 atom stereocenters. The number of aromatic nitrogens is 2. The summed E-state index contributed by atoms with van der Waals surface area (Å²) in [6.07, 6.45) is 0.609. The van der Waals surface area contributed by atoms with Gasteiger partial charge in [-0.05, 0) is 55.0 Å². The molecule has 4 rings (SSSR count). The molecule has 0 aliphatic heterocycles. The SMILES string of the molecule is Cc1csc(-c2c(C)nc(-c3cccc(F)c3O)n(CCc3ccccc3)c2=O)c1. The van der Waals surface area contributed by atoms with E-state index < -0.39 is 11.6 Å². The zero-order chi connectivity index (χ0) is 21.3. The van der Waals surface area contributed by atoms with Crippen LogP contribution < -0.4 is 5.56 Å². The van der Waals surface area contributed by atoms with Gasteiger partial charge in [-0.2, -0.15) is 0 Å². The Bertz CT molecular complexity index is 1260. The van der Waals surface area contributed by atoms with Crippen LogP contribution in [-0.2, 0) is 13.0 Å². The Morgan fingerprint density at radius 1 is 1.10 bits per heavy atom. The van der Waals surface area contributed by atoms with E-state index in [0.29, 0.717) is 24.2 Å². The van der Waals surface area contributed by atoms with Crippen LogP contribution in [0, 0.1) is 19.7 Å². The predicted octanol–water partition coefficient (Wildman–Crippen LogP) is 5.34. The number of aryl methyl sites for hydroxylation is 3. The van der Waals surface area contributed by atoms with Gasteiger partial charge in [0.15, 0.2) is 11.6 Å². The molecule has 0 bridgehead atoms. The topological polar surface area (TPSA) is 55.1 Å². The van der Waals surface area contributed by atoms with E-state index in [9.17, 15) is 14.3 Å². The van der Waals surface area contributed by atoms with Crippen molar-refractivity contribution in [2.24, 2.45) is 0 Å². The van der Waals surface area contributed by atoms with E-state index in [-0.39, 0.29) is 16.9 Å². The van der Waals surface area contributed by atoms with Crippen LogP contribution in [-0.4, -0.2) is 14.7 Å². The third kappa shape index (κ3) is 3.78. The Kier molecular flexibility index (Phi) is 5.50. The predicted molar refractivity (Wildman–Crippen MR) is 118 cm³/mol. The molecule has 0 saturated carbocycles. The van der Waals surface area contributed by atoms with E-state index in [4.69, 9.17) is 0 Å². The lowest BCUT2D eigenvalue weighted by atomic mass is 10.1. The maximum atomic E-state index is 14.0. The number of halogens is 1. The van der Waals surface area contributed by atoms with E-state index in [1.54, 1.807) is 17.6 Å². The number of hydrogen-bond acceptors (Lipinski definition) is 4. The lowest BCUT2D eigenvalue weighted by Crippen LogP contribution is -2.27. The summed E-state index contributed by atoms with van der Waals surface area (Å²) in [6.45, 7) is 4.11. The molecule has 2 heterocycles. The van der Waals surface area contributed by atoms with Crippen molar-refractivity contribution in [2.45, 2.75) is 26.8 Å². The Balaban J connectivity index is 1.90. The first-order valence-corrected chi connectivity index (χ1v) is 10.5. The third-order valence-corrected chi connectivity index (χ3v) is 6.09. The standard InChI is InChI=1S/C24H21FN2O2S/c1-15-13-20(30-14-15)21-16(2)26-23(18-9-6-10-19(25)22(18)28)27(24(21)29)12-11-17-7-4-3-5-8-17/h3-10,13-14,28H,11-12H2,1-2H3. The Labute approximate surface area is 177 Å². The smallest absolute Gasteiger partial charge is 0.262 e. The molecule has 0 aliphatic carbocycles. The number of rotatable bonds is 5. The summed E-state index contributed by atoms with van der Waals surface area (Å²) in [6, 6.07) is 16.1. The Hall–Kier alpha value is -3.25. The van der Waals surface area contributed by atoms with Crippen molar-refractivity contribution in [2.75, 3.05) is 0 Å². The van der Waals surface area contributed by atoms with Crippen LogP contribution in [0.1, 0.15) is 16.8 Å². The molecule has 2 aromatic heterocycles. The van der Waals surface area contributed by atoms with Gasteiger partial charge in [-0.3, -0.25) is 9.36 Å². The highest BCUT2D eigenvalue weighted by Gasteiger charge is 2.21. The molecule has 6 heteroatoms. The molecule has 2 aromatic carbocycles. The second-order valence-electron chi connectivity index (χ2n) is 7.21. The van der Waals surface area contributed by atoms with E-state index in [2.05, 4.69) is 4.98 Å². The summed E-state index contributed by atoms with van der Waals surface area (Å²) in [5.74, 6) is -0.980. The molecule has 0 aliphatic rings. The number of thiophene rings is 1. The minimum absolute atomic E-state index is 0.195. The molecule has 4 nitrogen and oxygen atoms in total. The van der Waals surface area contributed by atoms with Crippen molar-refractivity contribution in [3.8, 4) is 27.6 Å². The van der Waals surface area contributed by atoms with Crippen LogP contribution >= 0.6 is 11.3 Å². The van der Waals surface area contributed by atoms with Gasteiger partial charge >= 0.3 is 0 Å². The Morgan fingerprint density at radius 3 is 2.57 bits per heavy atom. The summed E-state index contributed by atoms with van der Waals surface area (Å²) in [5.41, 5.74) is 3.26. The van der Waals surface area contributed by atoms with E-state index >= 15 is 0 Å². The van der Waals surface area contributed by atoms with E-state index in [0.717, 1.165) is 16.0 Å². The van der Waals surface area contributed by atoms with Gasteiger partial charge in [0.25, 0.3) is 5.56 Å². The molecular formula is C24H21FN2O2S. The first kappa shape index (κ1) is 20.0. The van der Waals surface area contributed by atoms with E-state index in [1.165, 1.54) is 23.5 Å². The van der Waals surface area contributed by atoms with Gasteiger partial charge in [0.2, 0.25) is 0 Å². The summed E-state index contributed by atoms with van der Waals surface area (Å²) in [7, 11) is 0. The molecular weight excluding hydrogens is 399 g/mol. The van der Waals surface area contributed by atoms with Crippen LogP contribution in [0.2, 0.25) is 0 Å². The minimum atomic E-state index is -0.744. The highest BCUT2D eigenvalue weighted by atomic mass is 32.1. The van der Waals surface area contributed by atoms with Gasteiger partial charge in [-0.1, -0.05) is 36.4 Å². The summed E-state index contributed by atoms with van der Waals surface area (Å²) >= 11 is 1.50. The van der Waals surface area contributed by atoms with Crippen molar-refractivity contribution >= 4 is 11.3 Å². The molecule has 0 fully saturated rings. The lowest BCUT2D eigenvalue weighted by molar-refractivity contribution is 0.433. The first-order chi connectivity index (χ1) is 14.5. The number of hydrogen-bond donors (Lipinski definition) is 1. The van der Waals surface area contributed by atoms with Crippen LogP contribution in [0.25, 0.3) is 21.8 Å². The number of phenols is 1. The van der Waals surface area contributed by atoms with Crippen molar-refractivity contribution < 1.29 is 9.50 Å². The van der Waals surface area contributed by atoms with Crippen LogP contribution in [0.3, 0.4) is 0 Å². The van der Waals surface area contributed by atoms with Gasteiger partial charge in [0.05, 0.1) is 16.8 Å². The summed E-state index contributed by atoms with van der Waals surface area (Å²) < 4.78 is 15.6. The molecule has 0 amide bonds. The van der Waals surface area contributed by atoms with Crippen LogP contribution in [0.5, 0.6) is 5.75 Å². The number of aromatic hydroxyl groups is 1. The Morgan fingerprint density at radius 2 is 1.87 bits per heavy atom. The molecule has 0 spiro atoms. The summed E-state index contributed by atoms with van der Waals surface area (Å²) in [5, 5.41) is 12.3.